The molecule has 1 saturated carbocycles. The summed E-state index contributed by atoms with van der Waals surface area (Å²) in [5.41, 5.74) is 6.49. The molecular formula is C11H14BrNO3. The van der Waals surface area contributed by atoms with Gasteiger partial charge in [0, 0.05) is 5.54 Å². The van der Waals surface area contributed by atoms with Crippen LogP contribution in [0.3, 0.4) is 0 Å². The summed E-state index contributed by atoms with van der Waals surface area (Å²) in [6, 6.07) is 3.48. The summed E-state index contributed by atoms with van der Waals surface area (Å²) in [4.78, 5) is 0. The van der Waals surface area contributed by atoms with Crippen LogP contribution in [-0.4, -0.2) is 23.4 Å². The van der Waals surface area contributed by atoms with Gasteiger partial charge in [0.05, 0.1) is 17.7 Å². The summed E-state index contributed by atoms with van der Waals surface area (Å²) < 4.78 is 5.61. The number of hydrogen-bond acceptors (Lipinski definition) is 4. The predicted molar refractivity (Wildman–Crippen MR) is 63.5 cm³/mol. The van der Waals surface area contributed by atoms with E-state index < -0.39 is 5.54 Å². The van der Waals surface area contributed by atoms with Crippen LogP contribution in [0.4, 0.5) is 0 Å². The fourth-order valence-electron chi connectivity index (χ4n) is 2.03. The molecule has 0 atom stereocenters. The molecule has 1 aromatic rings. The van der Waals surface area contributed by atoms with Gasteiger partial charge in [-0.15, -0.1) is 0 Å². The molecule has 0 heterocycles. The molecule has 0 unspecified atom stereocenters. The van der Waals surface area contributed by atoms with E-state index in [9.17, 15) is 10.2 Å². The lowest BCUT2D eigenvalue weighted by molar-refractivity contribution is 0.0208. The molecule has 2 rings (SSSR count). The van der Waals surface area contributed by atoms with Gasteiger partial charge in [-0.2, -0.15) is 0 Å². The van der Waals surface area contributed by atoms with Crippen molar-refractivity contribution in [1.29, 1.82) is 0 Å². The second-order valence-electron chi connectivity index (χ2n) is 4.23. The minimum absolute atomic E-state index is 0.0646. The Morgan fingerprint density at radius 3 is 2.62 bits per heavy atom. The second-order valence-corrected chi connectivity index (χ2v) is 5.08. The van der Waals surface area contributed by atoms with Crippen molar-refractivity contribution < 1.29 is 14.9 Å². The zero-order valence-electron chi connectivity index (χ0n) is 8.90. The van der Waals surface area contributed by atoms with Gasteiger partial charge in [-0.3, -0.25) is 0 Å². The SMILES string of the molecule is COc1cc(C2(N)CC(O)C2)cc(Br)c1O. The van der Waals surface area contributed by atoms with Crippen LogP contribution in [0.1, 0.15) is 18.4 Å². The van der Waals surface area contributed by atoms with Crippen LogP contribution < -0.4 is 10.5 Å². The summed E-state index contributed by atoms with van der Waals surface area (Å²) in [7, 11) is 1.49. The van der Waals surface area contributed by atoms with Crippen molar-refractivity contribution in [2.24, 2.45) is 5.73 Å². The van der Waals surface area contributed by atoms with Crippen molar-refractivity contribution in [2.75, 3.05) is 7.11 Å². The lowest BCUT2D eigenvalue weighted by atomic mass is 9.70. The zero-order valence-corrected chi connectivity index (χ0v) is 10.5. The Balaban J connectivity index is 2.39. The third kappa shape index (κ3) is 1.79. The number of rotatable bonds is 2. The fourth-order valence-corrected chi connectivity index (χ4v) is 2.48. The summed E-state index contributed by atoms with van der Waals surface area (Å²) in [6.45, 7) is 0. The standard InChI is InChI=1S/C11H14BrNO3/c1-16-9-3-6(2-8(12)10(9)15)11(13)4-7(14)5-11/h2-3,7,14-15H,4-5,13H2,1H3. The van der Waals surface area contributed by atoms with Crippen LogP contribution in [0.25, 0.3) is 0 Å². The summed E-state index contributed by atoms with van der Waals surface area (Å²) >= 11 is 3.25. The number of phenolic OH excluding ortho intramolecular Hbond substituents is 1. The Labute approximate surface area is 102 Å². The highest BCUT2D eigenvalue weighted by Gasteiger charge is 2.42. The van der Waals surface area contributed by atoms with E-state index in [4.69, 9.17) is 10.5 Å². The van der Waals surface area contributed by atoms with Crippen molar-refractivity contribution in [1.82, 2.24) is 0 Å². The number of nitrogens with two attached hydrogens (primary N) is 1. The Morgan fingerprint density at radius 2 is 2.12 bits per heavy atom. The van der Waals surface area contributed by atoms with Crippen molar-refractivity contribution in [3.8, 4) is 11.5 Å². The molecule has 0 aromatic heterocycles. The molecule has 0 aliphatic heterocycles. The Kier molecular flexibility index (Phi) is 2.86. The molecule has 88 valence electrons. The Hall–Kier alpha value is -0.780. The van der Waals surface area contributed by atoms with Crippen LogP contribution in [0, 0.1) is 0 Å². The molecule has 1 aliphatic carbocycles. The van der Waals surface area contributed by atoms with Crippen LogP contribution in [0.15, 0.2) is 16.6 Å². The molecule has 0 amide bonds. The van der Waals surface area contributed by atoms with E-state index in [-0.39, 0.29) is 11.9 Å². The number of phenols is 1. The number of benzene rings is 1. The molecule has 1 aromatic carbocycles. The first-order valence-electron chi connectivity index (χ1n) is 5.00. The lowest BCUT2D eigenvalue weighted by Crippen LogP contribution is -2.51. The van der Waals surface area contributed by atoms with E-state index in [2.05, 4.69) is 15.9 Å². The zero-order chi connectivity index (χ0) is 11.9. The number of methoxy groups -OCH3 is 1. The molecule has 4 nitrogen and oxygen atoms in total. The second kappa shape index (κ2) is 3.91. The summed E-state index contributed by atoms with van der Waals surface area (Å²) in [5.74, 6) is 0.449. The lowest BCUT2D eigenvalue weighted by Gasteiger charge is -2.42. The first-order chi connectivity index (χ1) is 7.46. The highest BCUT2D eigenvalue weighted by atomic mass is 79.9. The number of aliphatic hydroxyl groups excluding tert-OH is 1. The number of halogens is 1. The minimum atomic E-state index is -0.511. The van der Waals surface area contributed by atoms with Crippen molar-refractivity contribution >= 4 is 15.9 Å². The highest BCUT2D eigenvalue weighted by Crippen LogP contribution is 2.44. The number of aliphatic hydroxyl groups is 1. The molecule has 5 heteroatoms. The smallest absolute Gasteiger partial charge is 0.172 e. The van der Waals surface area contributed by atoms with E-state index >= 15 is 0 Å². The molecule has 1 fully saturated rings. The molecule has 0 bridgehead atoms. The first kappa shape index (κ1) is 11.7. The van der Waals surface area contributed by atoms with Gasteiger partial charge in [0.2, 0.25) is 0 Å². The van der Waals surface area contributed by atoms with E-state index in [0.29, 0.717) is 23.1 Å². The predicted octanol–water partition coefficient (Wildman–Crippen LogP) is 1.47. The summed E-state index contributed by atoms with van der Waals surface area (Å²) in [6.07, 6.45) is 0.740. The van der Waals surface area contributed by atoms with E-state index in [1.807, 2.05) is 0 Å². The Morgan fingerprint density at radius 1 is 1.50 bits per heavy atom. The fraction of sp³-hybridized carbons (Fsp3) is 0.455. The van der Waals surface area contributed by atoms with Crippen LogP contribution in [0.2, 0.25) is 0 Å². The van der Waals surface area contributed by atoms with Crippen LogP contribution in [0.5, 0.6) is 11.5 Å². The van der Waals surface area contributed by atoms with Crippen LogP contribution >= 0.6 is 15.9 Å². The molecule has 0 radical (unpaired) electrons. The summed E-state index contributed by atoms with van der Waals surface area (Å²) in [5, 5.41) is 19.0. The van der Waals surface area contributed by atoms with E-state index in [0.717, 1.165) is 5.56 Å². The Bertz CT molecular complexity index is 416. The van der Waals surface area contributed by atoms with Gasteiger partial charge in [-0.1, -0.05) is 0 Å². The van der Waals surface area contributed by atoms with Gasteiger partial charge in [0.15, 0.2) is 11.5 Å². The molecule has 0 saturated heterocycles. The normalized spacial score (nSPS) is 28.6. The number of hydrogen-bond donors (Lipinski definition) is 3. The third-order valence-corrected chi connectivity index (χ3v) is 3.63. The minimum Gasteiger partial charge on any atom is -0.503 e. The van der Waals surface area contributed by atoms with Crippen molar-refractivity contribution in [3.05, 3.63) is 22.2 Å². The maximum atomic E-state index is 9.67. The van der Waals surface area contributed by atoms with Gasteiger partial charge in [-0.05, 0) is 46.5 Å². The topological polar surface area (TPSA) is 75.7 Å². The van der Waals surface area contributed by atoms with Crippen LogP contribution in [-0.2, 0) is 5.54 Å². The van der Waals surface area contributed by atoms with Crippen molar-refractivity contribution in [3.63, 3.8) is 0 Å². The largest absolute Gasteiger partial charge is 0.503 e. The first-order valence-corrected chi connectivity index (χ1v) is 5.79. The number of aromatic hydroxyl groups is 1. The average Bonchev–Trinajstić information content (AvgIpc) is 2.19. The third-order valence-electron chi connectivity index (χ3n) is 3.02. The molecule has 1 aliphatic rings. The molecule has 4 N–H and O–H groups in total. The van der Waals surface area contributed by atoms with E-state index in [1.165, 1.54) is 7.11 Å². The van der Waals surface area contributed by atoms with Gasteiger partial charge in [0.25, 0.3) is 0 Å². The maximum Gasteiger partial charge on any atom is 0.172 e. The quantitative estimate of drug-likeness (QED) is 0.770. The molecule has 16 heavy (non-hydrogen) atoms. The monoisotopic (exact) mass is 287 g/mol. The van der Waals surface area contributed by atoms with E-state index in [1.54, 1.807) is 12.1 Å². The van der Waals surface area contributed by atoms with Gasteiger partial charge >= 0.3 is 0 Å². The van der Waals surface area contributed by atoms with Gasteiger partial charge < -0.3 is 20.7 Å². The maximum absolute atomic E-state index is 9.67. The molecule has 0 spiro atoms. The van der Waals surface area contributed by atoms with Crippen molar-refractivity contribution in [2.45, 2.75) is 24.5 Å². The number of ether oxygens (including phenoxy) is 1. The van der Waals surface area contributed by atoms with Gasteiger partial charge in [0.1, 0.15) is 0 Å². The molecular weight excluding hydrogens is 274 g/mol. The highest BCUT2D eigenvalue weighted by molar-refractivity contribution is 9.10. The van der Waals surface area contributed by atoms with Gasteiger partial charge in [-0.25, -0.2) is 0 Å². The average molecular weight is 288 g/mol.